The van der Waals surface area contributed by atoms with E-state index in [9.17, 15) is 4.79 Å². The van der Waals surface area contributed by atoms with Crippen LogP contribution in [0.15, 0.2) is 24.3 Å². The molecule has 1 saturated carbocycles. The third-order valence-electron chi connectivity index (χ3n) is 4.77. The summed E-state index contributed by atoms with van der Waals surface area (Å²) in [6.45, 7) is 7.53. The topological polar surface area (TPSA) is 32.3 Å². The summed E-state index contributed by atoms with van der Waals surface area (Å²) in [6.07, 6.45) is 3.58. The second-order valence-corrected chi connectivity index (χ2v) is 6.48. The molecule has 1 aliphatic carbocycles. The Morgan fingerprint density at radius 2 is 2.05 bits per heavy atom. The highest BCUT2D eigenvalue weighted by Gasteiger charge is 2.46. The third-order valence-corrected chi connectivity index (χ3v) is 4.77. The number of rotatable bonds is 5. The molecule has 1 amide bonds. The molecule has 20 heavy (non-hydrogen) atoms. The van der Waals surface area contributed by atoms with Gasteiger partial charge in [-0.1, -0.05) is 24.3 Å². The van der Waals surface area contributed by atoms with Gasteiger partial charge < -0.3 is 10.2 Å². The second-order valence-electron chi connectivity index (χ2n) is 6.48. The molecule has 1 aliphatic heterocycles. The summed E-state index contributed by atoms with van der Waals surface area (Å²) in [5.74, 6) is 0.113. The fourth-order valence-corrected chi connectivity index (χ4v) is 3.02. The molecule has 108 valence electrons. The SMILES string of the molecule is Cc1ccccc1C(C)C(=O)NC1(CN2CCC2)CC1. The summed E-state index contributed by atoms with van der Waals surface area (Å²) >= 11 is 0. The van der Waals surface area contributed by atoms with Gasteiger partial charge in [-0.25, -0.2) is 0 Å². The predicted molar refractivity (Wildman–Crippen MR) is 80.8 cm³/mol. The van der Waals surface area contributed by atoms with Gasteiger partial charge in [0.2, 0.25) is 5.91 Å². The molecule has 0 radical (unpaired) electrons. The number of carbonyl (C=O) groups is 1. The van der Waals surface area contributed by atoms with Crippen LogP contribution < -0.4 is 5.32 Å². The number of amides is 1. The zero-order chi connectivity index (χ0) is 14.2. The van der Waals surface area contributed by atoms with Gasteiger partial charge in [-0.3, -0.25) is 4.79 Å². The average molecular weight is 272 g/mol. The molecule has 0 spiro atoms. The van der Waals surface area contributed by atoms with Crippen LogP contribution in [0.5, 0.6) is 0 Å². The maximum Gasteiger partial charge on any atom is 0.227 e. The number of carbonyl (C=O) groups excluding carboxylic acids is 1. The van der Waals surface area contributed by atoms with Crippen LogP contribution in [0.3, 0.4) is 0 Å². The van der Waals surface area contributed by atoms with Gasteiger partial charge in [-0.15, -0.1) is 0 Å². The lowest BCUT2D eigenvalue weighted by Gasteiger charge is -2.35. The van der Waals surface area contributed by atoms with Crippen molar-refractivity contribution in [1.82, 2.24) is 10.2 Å². The molecule has 1 saturated heterocycles. The highest BCUT2D eigenvalue weighted by Crippen LogP contribution is 2.38. The number of benzene rings is 1. The maximum absolute atomic E-state index is 12.5. The number of nitrogens with zero attached hydrogens (tertiary/aromatic N) is 1. The van der Waals surface area contributed by atoms with Gasteiger partial charge in [0.1, 0.15) is 0 Å². The Kier molecular flexibility index (Phi) is 3.55. The minimum absolute atomic E-state index is 0.0648. The van der Waals surface area contributed by atoms with Crippen LogP contribution in [0.25, 0.3) is 0 Å². The predicted octanol–water partition coefficient (Wildman–Crippen LogP) is 2.45. The second kappa shape index (κ2) is 5.21. The van der Waals surface area contributed by atoms with Crippen LogP contribution in [-0.4, -0.2) is 36.0 Å². The minimum Gasteiger partial charge on any atom is -0.349 e. The van der Waals surface area contributed by atoms with E-state index in [4.69, 9.17) is 0 Å². The van der Waals surface area contributed by atoms with Crippen molar-refractivity contribution in [3.8, 4) is 0 Å². The first kappa shape index (κ1) is 13.6. The van der Waals surface area contributed by atoms with Crippen LogP contribution in [0.1, 0.15) is 43.2 Å². The van der Waals surface area contributed by atoms with Gasteiger partial charge in [-0.2, -0.15) is 0 Å². The first-order valence-electron chi connectivity index (χ1n) is 7.70. The van der Waals surface area contributed by atoms with Crippen LogP contribution >= 0.6 is 0 Å². The Hall–Kier alpha value is -1.35. The van der Waals surface area contributed by atoms with Crippen LogP contribution in [0.4, 0.5) is 0 Å². The normalized spacial score (nSPS) is 21.9. The van der Waals surface area contributed by atoms with Crippen molar-refractivity contribution in [1.29, 1.82) is 0 Å². The number of aryl methyl sites for hydroxylation is 1. The van der Waals surface area contributed by atoms with Crippen LogP contribution in [0, 0.1) is 6.92 Å². The summed E-state index contributed by atoms with van der Waals surface area (Å²) in [4.78, 5) is 15.0. The van der Waals surface area contributed by atoms with Gasteiger partial charge in [-0.05, 0) is 57.3 Å². The molecule has 1 aromatic rings. The Morgan fingerprint density at radius 1 is 1.35 bits per heavy atom. The lowest BCUT2D eigenvalue weighted by atomic mass is 9.95. The van der Waals surface area contributed by atoms with Gasteiger partial charge >= 0.3 is 0 Å². The molecule has 1 aromatic carbocycles. The smallest absolute Gasteiger partial charge is 0.227 e. The fourth-order valence-electron chi connectivity index (χ4n) is 3.02. The Bertz CT molecular complexity index is 503. The molecule has 3 nitrogen and oxygen atoms in total. The lowest BCUT2D eigenvalue weighted by Crippen LogP contribution is -2.50. The van der Waals surface area contributed by atoms with E-state index in [1.165, 1.54) is 25.1 Å². The number of likely N-dealkylation sites (tertiary alicyclic amines) is 1. The van der Waals surface area contributed by atoms with E-state index in [2.05, 4.69) is 29.3 Å². The lowest BCUT2D eigenvalue weighted by molar-refractivity contribution is -0.123. The van der Waals surface area contributed by atoms with Gasteiger partial charge in [0.25, 0.3) is 0 Å². The van der Waals surface area contributed by atoms with Crippen LogP contribution in [-0.2, 0) is 4.79 Å². The monoisotopic (exact) mass is 272 g/mol. The number of hydrogen-bond acceptors (Lipinski definition) is 2. The molecule has 0 aromatic heterocycles. The van der Waals surface area contributed by atoms with E-state index in [0.717, 1.165) is 24.9 Å². The van der Waals surface area contributed by atoms with Gasteiger partial charge in [0.05, 0.1) is 11.5 Å². The summed E-state index contributed by atoms with van der Waals surface area (Å²) in [7, 11) is 0. The molecule has 1 N–H and O–H groups in total. The first-order valence-corrected chi connectivity index (χ1v) is 7.70. The highest BCUT2D eigenvalue weighted by molar-refractivity contribution is 5.84. The molecule has 2 fully saturated rings. The van der Waals surface area contributed by atoms with Crippen molar-refractivity contribution in [2.24, 2.45) is 0 Å². The van der Waals surface area contributed by atoms with E-state index in [1.54, 1.807) is 0 Å². The highest BCUT2D eigenvalue weighted by atomic mass is 16.2. The largest absolute Gasteiger partial charge is 0.349 e. The first-order chi connectivity index (χ1) is 9.60. The molecule has 3 rings (SSSR count). The maximum atomic E-state index is 12.5. The zero-order valence-corrected chi connectivity index (χ0v) is 12.5. The van der Waals surface area contributed by atoms with E-state index >= 15 is 0 Å². The average Bonchev–Trinajstić information content (AvgIpc) is 3.14. The summed E-state index contributed by atoms with van der Waals surface area (Å²) in [6, 6.07) is 8.18. The third kappa shape index (κ3) is 2.73. The molecule has 2 aliphatic rings. The minimum atomic E-state index is -0.0648. The molecule has 0 bridgehead atoms. The Labute approximate surface area is 121 Å². The molecular formula is C17H24N2O. The van der Waals surface area contributed by atoms with E-state index in [0.29, 0.717) is 0 Å². The molecule has 1 unspecified atom stereocenters. The zero-order valence-electron chi connectivity index (χ0n) is 12.5. The van der Waals surface area contributed by atoms with Crippen molar-refractivity contribution in [3.63, 3.8) is 0 Å². The number of nitrogens with one attached hydrogen (secondary N) is 1. The molecule has 3 heteroatoms. The Balaban J connectivity index is 1.62. The van der Waals surface area contributed by atoms with Crippen molar-refractivity contribution in [2.75, 3.05) is 19.6 Å². The summed E-state index contributed by atoms with van der Waals surface area (Å²) < 4.78 is 0. The standard InChI is InChI=1S/C17H24N2O/c1-13-6-3-4-7-15(13)14(2)16(20)18-17(8-9-17)12-19-10-5-11-19/h3-4,6-7,14H,5,8-12H2,1-2H3,(H,18,20). The molecule has 1 atom stereocenters. The summed E-state index contributed by atoms with van der Waals surface area (Å²) in [5, 5.41) is 3.31. The quantitative estimate of drug-likeness (QED) is 0.893. The van der Waals surface area contributed by atoms with Gasteiger partial charge in [0, 0.05) is 6.54 Å². The van der Waals surface area contributed by atoms with Crippen molar-refractivity contribution in [2.45, 2.75) is 44.6 Å². The van der Waals surface area contributed by atoms with E-state index in [-0.39, 0.29) is 17.4 Å². The van der Waals surface area contributed by atoms with E-state index < -0.39 is 0 Å². The Morgan fingerprint density at radius 3 is 2.60 bits per heavy atom. The van der Waals surface area contributed by atoms with Gasteiger partial charge in [0.15, 0.2) is 0 Å². The molecule has 1 heterocycles. The van der Waals surface area contributed by atoms with E-state index in [1.807, 2.05) is 19.1 Å². The summed E-state index contributed by atoms with van der Waals surface area (Å²) in [5.41, 5.74) is 2.42. The molecular weight excluding hydrogens is 248 g/mol. The van der Waals surface area contributed by atoms with Crippen molar-refractivity contribution >= 4 is 5.91 Å². The number of hydrogen-bond donors (Lipinski definition) is 1. The van der Waals surface area contributed by atoms with Crippen molar-refractivity contribution < 1.29 is 4.79 Å². The van der Waals surface area contributed by atoms with Crippen molar-refractivity contribution in [3.05, 3.63) is 35.4 Å². The fraction of sp³-hybridized carbons (Fsp3) is 0.588. The van der Waals surface area contributed by atoms with Crippen LogP contribution in [0.2, 0.25) is 0 Å².